The van der Waals surface area contributed by atoms with Gasteiger partial charge >= 0.3 is 0 Å². The Kier molecular flexibility index (Phi) is 5.16. The third kappa shape index (κ3) is 3.95. The predicted octanol–water partition coefficient (Wildman–Crippen LogP) is 3.37. The highest BCUT2D eigenvalue weighted by atomic mass is 16.3. The number of amides is 1. The van der Waals surface area contributed by atoms with E-state index in [0.717, 1.165) is 38.5 Å². The average Bonchev–Trinajstić information content (AvgIpc) is 2.94. The van der Waals surface area contributed by atoms with E-state index in [1.807, 2.05) is 43.0 Å². The van der Waals surface area contributed by atoms with Gasteiger partial charge in [-0.15, -0.1) is 0 Å². The minimum absolute atomic E-state index is 0.0869. The number of hydrogen-bond acceptors (Lipinski definition) is 3. The van der Waals surface area contributed by atoms with Crippen LogP contribution >= 0.6 is 0 Å². The summed E-state index contributed by atoms with van der Waals surface area (Å²) in [6.07, 6.45) is 4.34. The van der Waals surface area contributed by atoms with Crippen molar-refractivity contribution in [3.8, 4) is 0 Å². The number of rotatable bonds is 4. The zero-order valence-corrected chi connectivity index (χ0v) is 14.4. The molecule has 0 aliphatic carbocycles. The van der Waals surface area contributed by atoms with Crippen molar-refractivity contribution in [1.29, 1.82) is 0 Å². The quantitative estimate of drug-likeness (QED) is 0.865. The number of carbonyl (C=O) groups is 1. The van der Waals surface area contributed by atoms with Gasteiger partial charge in [0.25, 0.3) is 5.91 Å². The second-order valence-corrected chi connectivity index (χ2v) is 6.23. The van der Waals surface area contributed by atoms with Crippen molar-refractivity contribution in [2.24, 2.45) is 0 Å². The Morgan fingerprint density at radius 1 is 1.12 bits per heavy atom. The number of benzene rings is 1. The SMILES string of the molecule is Cc1cc(C(=O)N2CCN(C/C=C/c3ccccc3)CC2)c(C)o1. The fourth-order valence-corrected chi connectivity index (χ4v) is 3.05. The summed E-state index contributed by atoms with van der Waals surface area (Å²) < 4.78 is 5.48. The standard InChI is InChI=1S/C20H24N2O2/c1-16-15-19(17(2)24-16)20(23)22-13-11-21(12-14-22)10-6-9-18-7-4-3-5-8-18/h3-9,15H,10-14H2,1-2H3/b9-6+. The summed E-state index contributed by atoms with van der Waals surface area (Å²) in [6, 6.07) is 12.2. The molecule has 4 heteroatoms. The van der Waals surface area contributed by atoms with Crippen LogP contribution in [0.4, 0.5) is 0 Å². The maximum absolute atomic E-state index is 12.6. The Morgan fingerprint density at radius 2 is 1.83 bits per heavy atom. The molecule has 1 aliphatic heterocycles. The second kappa shape index (κ2) is 7.49. The Labute approximate surface area is 143 Å². The van der Waals surface area contributed by atoms with Crippen LogP contribution in [0.3, 0.4) is 0 Å². The highest BCUT2D eigenvalue weighted by molar-refractivity contribution is 5.95. The van der Waals surface area contributed by atoms with Crippen LogP contribution in [0.1, 0.15) is 27.4 Å². The van der Waals surface area contributed by atoms with Gasteiger partial charge < -0.3 is 9.32 Å². The summed E-state index contributed by atoms with van der Waals surface area (Å²) in [5.41, 5.74) is 1.92. The van der Waals surface area contributed by atoms with E-state index in [9.17, 15) is 4.79 Å². The molecule has 0 unspecified atom stereocenters. The zero-order valence-electron chi connectivity index (χ0n) is 14.4. The molecule has 0 bridgehead atoms. The summed E-state index contributed by atoms with van der Waals surface area (Å²) in [5, 5.41) is 0. The molecule has 1 aliphatic rings. The summed E-state index contributed by atoms with van der Waals surface area (Å²) in [7, 11) is 0. The van der Waals surface area contributed by atoms with E-state index in [0.29, 0.717) is 11.3 Å². The number of piperazine rings is 1. The number of carbonyl (C=O) groups excluding carboxylic acids is 1. The number of hydrogen-bond donors (Lipinski definition) is 0. The fraction of sp³-hybridized carbons (Fsp3) is 0.350. The van der Waals surface area contributed by atoms with Crippen LogP contribution in [0.5, 0.6) is 0 Å². The Balaban J connectivity index is 1.50. The zero-order chi connectivity index (χ0) is 16.9. The molecule has 1 amide bonds. The molecule has 24 heavy (non-hydrogen) atoms. The van der Waals surface area contributed by atoms with Crippen molar-refractivity contribution in [2.75, 3.05) is 32.7 Å². The van der Waals surface area contributed by atoms with E-state index in [2.05, 4.69) is 29.2 Å². The van der Waals surface area contributed by atoms with Gasteiger partial charge in [0.2, 0.25) is 0 Å². The predicted molar refractivity (Wildman–Crippen MR) is 96.0 cm³/mol. The topological polar surface area (TPSA) is 36.7 Å². The molecule has 3 rings (SSSR count). The van der Waals surface area contributed by atoms with Crippen LogP contribution in [-0.4, -0.2) is 48.4 Å². The first kappa shape index (κ1) is 16.5. The molecule has 0 N–H and O–H groups in total. The molecular weight excluding hydrogens is 300 g/mol. The van der Waals surface area contributed by atoms with Crippen LogP contribution in [0.25, 0.3) is 6.08 Å². The lowest BCUT2D eigenvalue weighted by atomic mass is 10.2. The Hall–Kier alpha value is -2.33. The van der Waals surface area contributed by atoms with Gasteiger partial charge in [0.1, 0.15) is 11.5 Å². The number of aryl methyl sites for hydroxylation is 2. The van der Waals surface area contributed by atoms with Crippen LogP contribution in [-0.2, 0) is 0 Å². The van der Waals surface area contributed by atoms with Gasteiger partial charge in [-0.25, -0.2) is 0 Å². The van der Waals surface area contributed by atoms with Crippen LogP contribution in [0.2, 0.25) is 0 Å². The minimum atomic E-state index is 0.0869. The molecule has 1 fully saturated rings. The van der Waals surface area contributed by atoms with Gasteiger partial charge in [0.05, 0.1) is 5.56 Å². The van der Waals surface area contributed by atoms with E-state index < -0.39 is 0 Å². The van der Waals surface area contributed by atoms with Gasteiger partial charge in [-0.05, 0) is 25.5 Å². The average molecular weight is 324 g/mol. The molecule has 0 spiro atoms. The van der Waals surface area contributed by atoms with Crippen molar-refractivity contribution >= 4 is 12.0 Å². The lowest BCUT2D eigenvalue weighted by Gasteiger charge is -2.34. The van der Waals surface area contributed by atoms with Crippen molar-refractivity contribution in [1.82, 2.24) is 9.80 Å². The molecule has 2 aromatic rings. The Bertz CT molecular complexity index is 710. The fourth-order valence-electron chi connectivity index (χ4n) is 3.05. The van der Waals surface area contributed by atoms with Crippen molar-refractivity contribution in [2.45, 2.75) is 13.8 Å². The molecule has 1 saturated heterocycles. The molecule has 2 heterocycles. The van der Waals surface area contributed by atoms with E-state index in [4.69, 9.17) is 4.42 Å². The molecule has 0 atom stereocenters. The largest absolute Gasteiger partial charge is 0.466 e. The first-order valence-electron chi connectivity index (χ1n) is 8.44. The lowest BCUT2D eigenvalue weighted by Crippen LogP contribution is -2.48. The minimum Gasteiger partial charge on any atom is -0.466 e. The van der Waals surface area contributed by atoms with Crippen LogP contribution in [0, 0.1) is 13.8 Å². The van der Waals surface area contributed by atoms with E-state index >= 15 is 0 Å². The third-order valence-electron chi connectivity index (χ3n) is 4.40. The first-order chi connectivity index (χ1) is 11.6. The highest BCUT2D eigenvalue weighted by Gasteiger charge is 2.24. The number of nitrogens with zero attached hydrogens (tertiary/aromatic N) is 2. The van der Waals surface area contributed by atoms with Crippen LogP contribution in [0.15, 0.2) is 46.9 Å². The van der Waals surface area contributed by atoms with Crippen molar-refractivity contribution in [3.05, 3.63) is 65.1 Å². The van der Waals surface area contributed by atoms with Gasteiger partial charge in [-0.1, -0.05) is 42.5 Å². The number of furan rings is 1. The van der Waals surface area contributed by atoms with Crippen molar-refractivity contribution < 1.29 is 9.21 Å². The van der Waals surface area contributed by atoms with E-state index in [-0.39, 0.29) is 5.91 Å². The summed E-state index contributed by atoms with van der Waals surface area (Å²) in [6.45, 7) is 7.98. The van der Waals surface area contributed by atoms with Gasteiger partial charge in [0.15, 0.2) is 0 Å². The van der Waals surface area contributed by atoms with E-state index in [1.54, 1.807) is 0 Å². The van der Waals surface area contributed by atoms with Gasteiger partial charge in [0, 0.05) is 32.7 Å². The van der Waals surface area contributed by atoms with Gasteiger partial charge in [-0.3, -0.25) is 9.69 Å². The molecule has 1 aromatic carbocycles. The smallest absolute Gasteiger partial charge is 0.257 e. The van der Waals surface area contributed by atoms with E-state index in [1.165, 1.54) is 5.56 Å². The summed E-state index contributed by atoms with van der Waals surface area (Å²) in [5.74, 6) is 1.59. The summed E-state index contributed by atoms with van der Waals surface area (Å²) in [4.78, 5) is 16.9. The monoisotopic (exact) mass is 324 g/mol. The van der Waals surface area contributed by atoms with Crippen LogP contribution < -0.4 is 0 Å². The maximum Gasteiger partial charge on any atom is 0.257 e. The molecule has 1 aromatic heterocycles. The first-order valence-corrected chi connectivity index (χ1v) is 8.44. The van der Waals surface area contributed by atoms with Crippen molar-refractivity contribution in [3.63, 3.8) is 0 Å². The molecule has 4 nitrogen and oxygen atoms in total. The normalized spacial score (nSPS) is 16.0. The third-order valence-corrected chi connectivity index (χ3v) is 4.40. The second-order valence-electron chi connectivity index (χ2n) is 6.23. The molecular formula is C20H24N2O2. The lowest BCUT2D eigenvalue weighted by molar-refractivity contribution is 0.0648. The molecule has 0 saturated carbocycles. The molecule has 126 valence electrons. The summed E-state index contributed by atoms with van der Waals surface area (Å²) >= 11 is 0. The van der Waals surface area contributed by atoms with Gasteiger partial charge in [-0.2, -0.15) is 0 Å². The highest BCUT2D eigenvalue weighted by Crippen LogP contribution is 2.17. The molecule has 0 radical (unpaired) electrons. The maximum atomic E-state index is 12.6. The Morgan fingerprint density at radius 3 is 2.46 bits per heavy atom.